The van der Waals surface area contributed by atoms with Gasteiger partial charge in [0.1, 0.15) is 6.04 Å². The van der Waals surface area contributed by atoms with Crippen molar-refractivity contribution in [2.45, 2.75) is 25.3 Å². The molecule has 0 aliphatic heterocycles. The maximum atomic E-state index is 10.6. The van der Waals surface area contributed by atoms with E-state index in [1.807, 2.05) is 0 Å². The first-order valence-corrected chi connectivity index (χ1v) is 4.38. The van der Waals surface area contributed by atoms with E-state index in [0.29, 0.717) is 25.8 Å². The number of carboxylic acid groups (broad SMARTS) is 1. The van der Waals surface area contributed by atoms with Crippen LogP contribution in [0.4, 0.5) is 4.79 Å². The van der Waals surface area contributed by atoms with Crippen LogP contribution in [-0.4, -0.2) is 36.9 Å². The van der Waals surface area contributed by atoms with Crippen LogP contribution in [0.3, 0.4) is 0 Å². The number of unbranched alkanes of at least 4 members (excludes halogenated alkanes) is 1. The van der Waals surface area contributed by atoms with Crippen LogP contribution in [0.2, 0.25) is 0 Å². The first-order chi connectivity index (χ1) is 6.57. The summed E-state index contributed by atoms with van der Waals surface area (Å²) >= 11 is 0. The molecule has 0 bridgehead atoms. The van der Waals surface area contributed by atoms with Gasteiger partial charge in [0.15, 0.2) is 0 Å². The van der Waals surface area contributed by atoms with Crippen molar-refractivity contribution in [3.8, 4) is 0 Å². The molecule has 0 saturated heterocycles. The van der Waals surface area contributed by atoms with E-state index in [9.17, 15) is 9.59 Å². The minimum absolute atomic E-state index is 0.415. The van der Waals surface area contributed by atoms with E-state index in [1.54, 1.807) is 0 Å². The van der Waals surface area contributed by atoms with Crippen LogP contribution in [-0.2, 0) is 9.53 Å². The molecule has 82 valence electrons. The Bertz CT molecular complexity index is 196. The lowest BCUT2D eigenvalue weighted by Crippen LogP contribution is -2.30. The zero-order valence-electron chi connectivity index (χ0n) is 8.16. The largest absolute Gasteiger partial charge is 0.480 e. The molecule has 4 N–H and O–H groups in total. The third kappa shape index (κ3) is 6.24. The van der Waals surface area contributed by atoms with E-state index in [0.717, 1.165) is 0 Å². The number of ether oxygens (including phenoxy) is 1. The van der Waals surface area contributed by atoms with Crippen LogP contribution in [0.1, 0.15) is 19.3 Å². The molecule has 0 aliphatic carbocycles. The maximum absolute atomic E-state index is 10.6. The van der Waals surface area contributed by atoms with Crippen LogP contribution in [0.15, 0.2) is 0 Å². The van der Waals surface area contributed by atoms with Gasteiger partial charge in [-0.1, -0.05) is 0 Å². The van der Waals surface area contributed by atoms with E-state index in [4.69, 9.17) is 10.8 Å². The van der Waals surface area contributed by atoms with Crippen LogP contribution in [0.25, 0.3) is 0 Å². The molecule has 0 rings (SSSR count). The summed E-state index contributed by atoms with van der Waals surface area (Å²) in [6.07, 6.45) is 1.29. The normalized spacial score (nSPS) is 11.9. The van der Waals surface area contributed by atoms with E-state index in [-0.39, 0.29) is 0 Å². The van der Waals surface area contributed by atoms with Crippen molar-refractivity contribution in [2.75, 3.05) is 13.7 Å². The highest BCUT2D eigenvalue weighted by molar-refractivity contribution is 5.72. The number of carboxylic acids is 1. The fraction of sp³-hybridized carbons (Fsp3) is 0.750. The molecule has 0 unspecified atom stereocenters. The molecule has 0 aromatic carbocycles. The fourth-order valence-electron chi connectivity index (χ4n) is 0.875. The quantitative estimate of drug-likeness (QED) is 0.525. The lowest BCUT2D eigenvalue weighted by atomic mass is 10.1. The molecule has 0 aromatic rings. The molecule has 1 atom stereocenters. The third-order valence-electron chi connectivity index (χ3n) is 1.71. The minimum atomic E-state index is -0.995. The Morgan fingerprint density at radius 3 is 2.64 bits per heavy atom. The Hall–Kier alpha value is -1.30. The molecule has 0 fully saturated rings. The Morgan fingerprint density at radius 1 is 1.50 bits per heavy atom. The highest BCUT2D eigenvalue weighted by Crippen LogP contribution is 1.98. The third-order valence-corrected chi connectivity index (χ3v) is 1.71. The number of nitrogens with one attached hydrogen (secondary N) is 1. The number of hydrogen-bond donors (Lipinski definition) is 3. The van der Waals surface area contributed by atoms with Gasteiger partial charge in [0, 0.05) is 6.54 Å². The second-order valence-corrected chi connectivity index (χ2v) is 2.86. The van der Waals surface area contributed by atoms with Crippen molar-refractivity contribution in [2.24, 2.45) is 5.73 Å². The molecule has 0 spiro atoms. The summed E-state index contributed by atoms with van der Waals surface area (Å²) in [6, 6.07) is -0.812. The van der Waals surface area contributed by atoms with Gasteiger partial charge in [0.25, 0.3) is 0 Å². The zero-order valence-corrected chi connectivity index (χ0v) is 8.16. The van der Waals surface area contributed by atoms with Gasteiger partial charge in [-0.05, 0) is 19.3 Å². The molecular formula is C8H16N2O4. The second kappa shape index (κ2) is 7.14. The summed E-state index contributed by atoms with van der Waals surface area (Å²) in [7, 11) is 1.29. The standard InChI is InChI=1S/C8H16N2O4/c1-14-8(13)10-5-3-2-4-6(9)7(11)12/h6H,2-5,9H2,1H3,(H,10,13)(H,11,12)/t6-/m0/s1. The van der Waals surface area contributed by atoms with E-state index in [2.05, 4.69) is 10.1 Å². The van der Waals surface area contributed by atoms with Crippen molar-refractivity contribution >= 4 is 12.1 Å². The van der Waals surface area contributed by atoms with Gasteiger partial charge in [0.05, 0.1) is 7.11 Å². The van der Waals surface area contributed by atoms with Gasteiger partial charge in [-0.25, -0.2) is 4.79 Å². The lowest BCUT2D eigenvalue weighted by Gasteiger charge is -2.06. The average molecular weight is 204 g/mol. The monoisotopic (exact) mass is 204 g/mol. The highest BCUT2D eigenvalue weighted by Gasteiger charge is 2.09. The van der Waals surface area contributed by atoms with Crippen LogP contribution < -0.4 is 11.1 Å². The molecule has 0 saturated carbocycles. The van der Waals surface area contributed by atoms with Gasteiger partial charge >= 0.3 is 12.1 Å². The molecular weight excluding hydrogens is 188 g/mol. The summed E-state index contributed by atoms with van der Waals surface area (Å²) in [5.41, 5.74) is 5.27. The maximum Gasteiger partial charge on any atom is 0.406 e. The lowest BCUT2D eigenvalue weighted by molar-refractivity contribution is -0.138. The topological polar surface area (TPSA) is 102 Å². The number of alkyl carbamates (subject to hydrolysis) is 1. The number of nitrogens with two attached hydrogens (primary N) is 1. The number of carbonyl (C=O) groups excluding carboxylic acids is 1. The van der Waals surface area contributed by atoms with Gasteiger partial charge < -0.3 is 20.9 Å². The Kier molecular flexibility index (Phi) is 6.47. The Morgan fingerprint density at radius 2 is 2.14 bits per heavy atom. The molecule has 0 aromatic heterocycles. The van der Waals surface area contributed by atoms with Crippen molar-refractivity contribution < 1.29 is 19.4 Å². The number of hydrogen-bond acceptors (Lipinski definition) is 4. The predicted molar refractivity (Wildman–Crippen MR) is 49.9 cm³/mol. The molecule has 14 heavy (non-hydrogen) atoms. The number of amides is 1. The summed E-state index contributed by atoms with van der Waals surface area (Å²) in [4.78, 5) is 20.9. The number of rotatable bonds is 6. The first-order valence-electron chi connectivity index (χ1n) is 4.38. The Labute approximate surface area is 82.4 Å². The molecule has 0 radical (unpaired) electrons. The summed E-state index contributed by atoms with van der Waals surface area (Å²) in [5, 5.41) is 10.9. The Balaban J connectivity index is 3.30. The first kappa shape index (κ1) is 12.7. The van der Waals surface area contributed by atoms with Gasteiger partial charge in [-0.3, -0.25) is 4.79 Å². The van der Waals surface area contributed by atoms with E-state index >= 15 is 0 Å². The van der Waals surface area contributed by atoms with Crippen molar-refractivity contribution in [1.29, 1.82) is 0 Å². The molecule has 0 aliphatic rings. The number of methoxy groups -OCH3 is 1. The van der Waals surface area contributed by atoms with Crippen LogP contribution in [0.5, 0.6) is 0 Å². The number of aliphatic carboxylic acids is 1. The second-order valence-electron chi connectivity index (χ2n) is 2.86. The highest BCUT2D eigenvalue weighted by atomic mass is 16.5. The van der Waals surface area contributed by atoms with E-state index < -0.39 is 18.1 Å². The van der Waals surface area contributed by atoms with Gasteiger partial charge in [-0.2, -0.15) is 0 Å². The predicted octanol–water partition coefficient (Wildman–Crippen LogP) is -0.0754. The molecule has 0 heterocycles. The smallest absolute Gasteiger partial charge is 0.406 e. The van der Waals surface area contributed by atoms with Gasteiger partial charge in [0.2, 0.25) is 0 Å². The van der Waals surface area contributed by atoms with Gasteiger partial charge in [-0.15, -0.1) is 0 Å². The summed E-state index contributed by atoms with van der Waals surface area (Å²) < 4.78 is 4.35. The zero-order chi connectivity index (χ0) is 11.0. The molecule has 6 nitrogen and oxygen atoms in total. The van der Waals surface area contributed by atoms with Crippen LogP contribution >= 0.6 is 0 Å². The number of carbonyl (C=O) groups is 2. The average Bonchev–Trinajstić information content (AvgIpc) is 2.16. The van der Waals surface area contributed by atoms with Crippen LogP contribution in [0, 0.1) is 0 Å². The summed E-state index contributed by atoms with van der Waals surface area (Å²) in [5.74, 6) is -0.995. The SMILES string of the molecule is COC(=O)NCCCC[C@H](N)C(=O)O. The van der Waals surface area contributed by atoms with Crippen molar-refractivity contribution in [3.63, 3.8) is 0 Å². The van der Waals surface area contributed by atoms with Crippen molar-refractivity contribution in [1.82, 2.24) is 5.32 Å². The fourth-order valence-corrected chi connectivity index (χ4v) is 0.875. The van der Waals surface area contributed by atoms with E-state index in [1.165, 1.54) is 7.11 Å². The summed E-state index contributed by atoms with van der Waals surface area (Å²) in [6.45, 7) is 0.471. The minimum Gasteiger partial charge on any atom is -0.480 e. The van der Waals surface area contributed by atoms with Crippen molar-refractivity contribution in [3.05, 3.63) is 0 Å². The molecule has 6 heteroatoms. The molecule has 1 amide bonds.